The Labute approximate surface area is 168 Å². The van der Waals surface area contributed by atoms with Gasteiger partial charge in [-0.1, -0.05) is 17.7 Å². The van der Waals surface area contributed by atoms with Crippen LogP contribution in [0.25, 0.3) is 0 Å². The van der Waals surface area contributed by atoms with Crippen LogP contribution in [0.15, 0.2) is 47.4 Å². The van der Waals surface area contributed by atoms with Gasteiger partial charge in [0.1, 0.15) is 0 Å². The number of ether oxygens (including phenoxy) is 1. The Kier molecular flexibility index (Phi) is 7.18. The molecule has 6 heteroatoms. The van der Waals surface area contributed by atoms with Crippen molar-refractivity contribution in [1.29, 1.82) is 0 Å². The number of fused-ring (bicyclic) bond motifs is 1. The minimum absolute atomic E-state index is 0.250. The second kappa shape index (κ2) is 9.81. The maximum atomic E-state index is 12.0. The summed E-state index contributed by atoms with van der Waals surface area (Å²) in [5.41, 5.74) is 3.41. The van der Waals surface area contributed by atoms with E-state index >= 15 is 0 Å². The van der Waals surface area contributed by atoms with Crippen LogP contribution < -0.4 is 5.32 Å². The second-order valence-electron chi connectivity index (χ2n) is 6.45. The highest BCUT2D eigenvalue weighted by atomic mass is 35.5. The van der Waals surface area contributed by atoms with E-state index in [0.717, 1.165) is 29.2 Å². The zero-order valence-corrected chi connectivity index (χ0v) is 16.6. The molecule has 3 rings (SSSR count). The molecule has 27 heavy (non-hydrogen) atoms. The van der Waals surface area contributed by atoms with Crippen LogP contribution in [0, 0.1) is 0 Å². The van der Waals surface area contributed by atoms with Crippen LogP contribution in [0.4, 0.5) is 5.69 Å². The molecule has 0 heterocycles. The van der Waals surface area contributed by atoms with Crippen molar-refractivity contribution in [1.82, 2.24) is 0 Å². The summed E-state index contributed by atoms with van der Waals surface area (Å²) in [4.78, 5) is 24.8. The first-order chi connectivity index (χ1) is 13.1. The molecule has 0 bridgehead atoms. The predicted octanol–water partition coefficient (Wildman–Crippen LogP) is 4.88. The first-order valence-corrected chi connectivity index (χ1v) is 10.4. The fourth-order valence-corrected chi connectivity index (χ4v) is 3.98. The SMILES string of the molecule is O=C(COC(=O)CCCSc1ccc(Cl)cc1)Nc1ccc2c(c1)CCC2. The lowest BCUT2D eigenvalue weighted by atomic mass is 10.1. The first-order valence-electron chi connectivity index (χ1n) is 9.06. The summed E-state index contributed by atoms with van der Waals surface area (Å²) >= 11 is 7.51. The summed E-state index contributed by atoms with van der Waals surface area (Å²) in [5, 5.41) is 3.50. The third kappa shape index (κ3) is 6.29. The molecule has 0 saturated heterocycles. The van der Waals surface area contributed by atoms with E-state index in [1.807, 2.05) is 36.4 Å². The number of benzene rings is 2. The zero-order chi connectivity index (χ0) is 19.1. The highest BCUT2D eigenvalue weighted by Crippen LogP contribution is 2.25. The Balaban J connectivity index is 1.31. The molecule has 1 amide bonds. The molecule has 1 aliphatic carbocycles. The second-order valence-corrected chi connectivity index (χ2v) is 8.06. The monoisotopic (exact) mass is 403 g/mol. The molecular weight excluding hydrogens is 382 g/mol. The lowest BCUT2D eigenvalue weighted by Crippen LogP contribution is -2.21. The average molecular weight is 404 g/mol. The molecule has 2 aromatic rings. The number of hydrogen-bond donors (Lipinski definition) is 1. The van der Waals surface area contributed by atoms with Gasteiger partial charge in [-0.3, -0.25) is 9.59 Å². The fraction of sp³-hybridized carbons (Fsp3) is 0.333. The topological polar surface area (TPSA) is 55.4 Å². The highest BCUT2D eigenvalue weighted by molar-refractivity contribution is 7.99. The molecule has 0 spiro atoms. The molecule has 0 aliphatic heterocycles. The average Bonchev–Trinajstić information content (AvgIpc) is 3.13. The molecule has 0 saturated carbocycles. The van der Waals surface area contributed by atoms with Crippen molar-refractivity contribution in [3.63, 3.8) is 0 Å². The van der Waals surface area contributed by atoms with Crippen molar-refractivity contribution >= 4 is 40.9 Å². The van der Waals surface area contributed by atoms with Crippen molar-refractivity contribution in [3.05, 3.63) is 58.6 Å². The lowest BCUT2D eigenvalue weighted by Gasteiger charge is -2.08. The molecule has 1 N–H and O–H groups in total. The van der Waals surface area contributed by atoms with E-state index in [-0.39, 0.29) is 18.5 Å². The summed E-state index contributed by atoms with van der Waals surface area (Å²) in [6.45, 7) is -0.250. The van der Waals surface area contributed by atoms with Crippen LogP contribution in [0.3, 0.4) is 0 Å². The van der Waals surface area contributed by atoms with E-state index in [9.17, 15) is 9.59 Å². The Morgan fingerprint density at radius 3 is 2.67 bits per heavy atom. The van der Waals surface area contributed by atoms with Gasteiger partial charge in [0.2, 0.25) is 0 Å². The minimum Gasteiger partial charge on any atom is -0.456 e. The summed E-state index contributed by atoms with van der Waals surface area (Å²) < 4.78 is 5.06. The van der Waals surface area contributed by atoms with Crippen LogP contribution in [0.5, 0.6) is 0 Å². The first kappa shape index (κ1) is 19.8. The number of amides is 1. The summed E-state index contributed by atoms with van der Waals surface area (Å²) in [7, 11) is 0. The van der Waals surface area contributed by atoms with Crippen LogP contribution >= 0.6 is 23.4 Å². The van der Waals surface area contributed by atoms with Crippen molar-refractivity contribution in [2.24, 2.45) is 0 Å². The van der Waals surface area contributed by atoms with Crippen molar-refractivity contribution in [3.8, 4) is 0 Å². The Bertz CT molecular complexity index is 808. The van der Waals surface area contributed by atoms with Gasteiger partial charge in [0, 0.05) is 22.0 Å². The molecule has 0 radical (unpaired) electrons. The number of halogens is 1. The number of esters is 1. The molecule has 0 atom stereocenters. The van der Waals surface area contributed by atoms with Crippen LogP contribution in [-0.2, 0) is 27.2 Å². The van der Waals surface area contributed by atoms with Crippen molar-refractivity contribution < 1.29 is 14.3 Å². The van der Waals surface area contributed by atoms with Gasteiger partial charge in [-0.05, 0) is 79.0 Å². The number of thioether (sulfide) groups is 1. The maximum absolute atomic E-state index is 12.0. The van der Waals surface area contributed by atoms with Gasteiger partial charge in [0.15, 0.2) is 6.61 Å². The summed E-state index contributed by atoms with van der Waals surface area (Å²) in [6.07, 6.45) is 4.32. The molecule has 4 nitrogen and oxygen atoms in total. The van der Waals surface area contributed by atoms with Crippen LogP contribution in [0.1, 0.15) is 30.4 Å². The fourth-order valence-electron chi connectivity index (χ4n) is 3.00. The molecule has 0 aromatic heterocycles. The predicted molar refractivity (Wildman–Crippen MR) is 109 cm³/mol. The molecule has 0 unspecified atom stereocenters. The van der Waals surface area contributed by atoms with E-state index in [2.05, 4.69) is 11.4 Å². The van der Waals surface area contributed by atoms with E-state index in [1.165, 1.54) is 17.5 Å². The Morgan fingerprint density at radius 2 is 1.85 bits per heavy atom. The van der Waals surface area contributed by atoms with E-state index < -0.39 is 0 Å². The number of rotatable bonds is 8. The van der Waals surface area contributed by atoms with Gasteiger partial charge in [-0.25, -0.2) is 0 Å². The van der Waals surface area contributed by atoms with Gasteiger partial charge in [0.05, 0.1) is 0 Å². The Hall–Kier alpha value is -1.98. The Morgan fingerprint density at radius 1 is 1.07 bits per heavy atom. The van der Waals surface area contributed by atoms with Crippen LogP contribution in [-0.4, -0.2) is 24.2 Å². The van der Waals surface area contributed by atoms with Gasteiger partial charge < -0.3 is 10.1 Å². The van der Waals surface area contributed by atoms with Crippen molar-refractivity contribution in [2.75, 3.05) is 17.7 Å². The molecule has 142 valence electrons. The lowest BCUT2D eigenvalue weighted by molar-refractivity contribution is -0.147. The molecule has 2 aromatic carbocycles. The number of hydrogen-bond acceptors (Lipinski definition) is 4. The quantitative estimate of drug-likeness (QED) is 0.387. The highest BCUT2D eigenvalue weighted by Gasteiger charge is 2.12. The zero-order valence-electron chi connectivity index (χ0n) is 15.0. The normalized spacial score (nSPS) is 12.5. The standard InChI is InChI=1S/C21H22ClNO3S/c22-17-7-10-19(11-8-17)27-12-2-5-21(25)26-14-20(24)23-18-9-6-15-3-1-4-16(15)13-18/h6-11,13H,1-5,12,14H2,(H,23,24). The third-order valence-electron chi connectivity index (χ3n) is 4.35. The van der Waals surface area contributed by atoms with Gasteiger partial charge in [-0.15, -0.1) is 11.8 Å². The van der Waals surface area contributed by atoms with E-state index in [4.69, 9.17) is 16.3 Å². The van der Waals surface area contributed by atoms with Crippen LogP contribution in [0.2, 0.25) is 5.02 Å². The number of aryl methyl sites for hydroxylation is 2. The molecular formula is C21H22ClNO3S. The van der Waals surface area contributed by atoms with Gasteiger partial charge in [-0.2, -0.15) is 0 Å². The largest absolute Gasteiger partial charge is 0.456 e. The smallest absolute Gasteiger partial charge is 0.306 e. The summed E-state index contributed by atoms with van der Waals surface area (Å²) in [5.74, 6) is 0.144. The van der Waals surface area contributed by atoms with Gasteiger partial charge in [0.25, 0.3) is 5.91 Å². The number of nitrogens with one attached hydrogen (secondary N) is 1. The number of anilines is 1. The molecule has 1 aliphatic rings. The number of carbonyl (C=O) groups is 2. The van der Waals surface area contributed by atoms with E-state index in [1.54, 1.807) is 11.8 Å². The van der Waals surface area contributed by atoms with E-state index in [0.29, 0.717) is 17.9 Å². The third-order valence-corrected chi connectivity index (χ3v) is 5.70. The van der Waals surface area contributed by atoms with Crippen molar-refractivity contribution in [2.45, 2.75) is 37.0 Å². The summed E-state index contributed by atoms with van der Waals surface area (Å²) in [6, 6.07) is 13.6. The molecule has 0 fully saturated rings. The minimum atomic E-state index is -0.351. The maximum Gasteiger partial charge on any atom is 0.306 e. The van der Waals surface area contributed by atoms with Gasteiger partial charge >= 0.3 is 5.97 Å². The number of carbonyl (C=O) groups excluding carboxylic acids is 2.